The molecule has 0 aliphatic heterocycles. The van der Waals surface area contributed by atoms with Gasteiger partial charge in [-0.2, -0.15) is 5.26 Å². The number of anilines is 2. The molecule has 4 heteroatoms. The topological polar surface area (TPSA) is 78.9 Å². The van der Waals surface area contributed by atoms with Gasteiger partial charge in [0.15, 0.2) is 0 Å². The van der Waals surface area contributed by atoms with Crippen molar-refractivity contribution in [3.05, 3.63) is 23.8 Å². The molecule has 0 aromatic heterocycles. The highest BCUT2D eigenvalue weighted by Crippen LogP contribution is 2.52. The van der Waals surface area contributed by atoms with Gasteiger partial charge in [0.1, 0.15) is 6.07 Å². The van der Waals surface area contributed by atoms with Crippen molar-refractivity contribution in [2.75, 3.05) is 11.1 Å². The Hall–Kier alpha value is -2.02. The van der Waals surface area contributed by atoms with Crippen LogP contribution in [0.1, 0.15) is 25.8 Å². The van der Waals surface area contributed by atoms with E-state index in [1.165, 1.54) is 0 Å². The van der Waals surface area contributed by atoms with Crippen LogP contribution < -0.4 is 11.1 Å². The molecule has 0 spiro atoms. The highest BCUT2D eigenvalue weighted by molar-refractivity contribution is 5.96. The Morgan fingerprint density at radius 1 is 1.59 bits per heavy atom. The van der Waals surface area contributed by atoms with Crippen LogP contribution in [-0.2, 0) is 4.79 Å². The van der Waals surface area contributed by atoms with Crippen molar-refractivity contribution >= 4 is 17.3 Å². The number of nitriles is 1. The summed E-state index contributed by atoms with van der Waals surface area (Å²) in [6.07, 6.45) is 0.899. The first-order valence-corrected chi connectivity index (χ1v) is 5.54. The van der Waals surface area contributed by atoms with Gasteiger partial charge in [-0.25, -0.2) is 0 Å². The summed E-state index contributed by atoms with van der Waals surface area (Å²) in [5.41, 5.74) is 7.13. The van der Waals surface area contributed by atoms with Crippen molar-refractivity contribution in [3.8, 4) is 6.07 Å². The minimum absolute atomic E-state index is 0.0173. The van der Waals surface area contributed by atoms with Crippen molar-refractivity contribution in [1.29, 1.82) is 5.26 Å². The van der Waals surface area contributed by atoms with E-state index in [2.05, 4.69) is 19.2 Å². The van der Waals surface area contributed by atoms with Crippen LogP contribution in [0, 0.1) is 22.7 Å². The lowest BCUT2D eigenvalue weighted by Gasteiger charge is -2.08. The van der Waals surface area contributed by atoms with Crippen molar-refractivity contribution in [1.82, 2.24) is 0 Å². The van der Waals surface area contributed by atoms with Gasteiger partial charge in [0.2, 0.25) is 5.91 Å². The normalized spacial score (nSPS) is 20.4. The fourth-order valence-corrected chi connectivity index (χ4v) is 1.90. The second-order valence-corrected chi connectivity index (χ2v) is 5.15. The number of rotatable bonds is 2. The quantitative estimate of drug-likeness (QED) is 0.762. The fourth-order valence-electron chi connectivity index (χ4n) is 1.90. The second-order valence-electron chi connectivity index (χ2n) is 5.15. The number of carbonyl (C=O) groups is 1. The summed E-state index contributed by atoms with van der Waals surface area (Å²) in [7, 11) is 0. The summed E-state index contributed by atoms with van der Waals surface area (Å²) < 4.78 is 0. The van der Waals surface area contributed by atoms with Crippen LogP contribution in [0.15, 0.2) is 18.2 Å². The van der Waals surface area contributed by atoms with E-state index in [1.54, 1.807) is 18.2 Å². The molecule has 1 saturated carbocycles. The molecular formula is C13H15N3O. The van der Waals surface area contributed by atoms with Gasteiger partial charge in [0.25, 0.3) is 0 Å². The first-order chi connectivity index (χ1) is 7.94. The maximum atomic E-state index is 11.9. The van der Waals surface area contributed by atoms with Gasteiger partial charge < -0.3 is 11.1 Å². The van der Waals surface area contributed by atoms with Gasteiger partial charge in [-0.15, -0.1) is 0 Å². The number of carbonyl (C=O) groups excluding carboxylic acids is 1. The summed E-state index contributed by atoms with van der Waals surface area (Å²) in [4.78, 5) is 11.9. The van der Waals surface area contributed by atoms with E-state index in [4.69, 9.17) is 11.0 Å². The van der Waals surface area contributed by atoms with E-state index in [1.807, 2.05) is 6.07 Å². The molecule has 1 amide bonds. The van der Waals surface area contributed by atoms with Crippen molar-refractivity contribution in [2.45, 2.75) is 20.3 Å². The number of nitrogens with one attached hydrogen (secondary N) is 1. The minimum atomic E-state index is -0.0173. The molecule has 1 aromatic rings. The van der Waals surface area contributed by atoms with Crippen LogP contribution >= 0.6 is 0 Å². The zero-order chi connectivity index (χ0) is 12.6. The Bertz CT molecular complexity index is 514. The van der Waals surface area contributed by atoms with Gasteiger partial charge >= 0.3 is 0 Å². The molecule has 2 rings (SSSR count). The zero-order valence-electron chi connectivity index (χ0n) is 9.95. The molecule has 0 bridgehead atoms. The van der Waals surface area contributed by atoms with Crippen LogP contribution in [-0.4, -0.2) is 5.91 Å². The van der Waals surface area contributed by atoms with Gasteiger partial charge in [0.05, 0.1) is 11.3 Å². The van der Waals surface area contributed by atoms with Gasteiger partial charge in [-0.05, 0) is 30.0 Å². The molecule has 3 N–H and O–H groups in total. The maximum absolute atomic E-state index is 11.9. The number of nitrogens with zero attached hydrogens (tertiary/aromatic N) is 1. The Balaban J connectivity index is 2.15. The van der Waals surface area contributed by atoms with E-state index < -0.39 is 0 Å². The molecule has 1 aliphatic carbocycles. The Labute approximate surface area is 100 Å². The minimum Gasteiger partial charge on any atom is -0.399 e. The van der Waals surface area contributed by atoms with Gasteiger partial charge in [-0.1, -0.05) is 13.8 Å². The Morgan fingerprint density at radius 3 is 2.76 bits per heavy atom. The molecule has 4 nitrogen and oxygen atoms in total. The molecule has 1 unspecified atom stereocenters. The average Bonchev–Trinajstić information content (AvgIpc) is 2.90. The second kappa shape index (κ2) is 3.77. The zero-order valence-corrected chi connectivity index (χ0v) is 9.95. The fraction of sp³-hybridized carbons (Fsp3) is 0.385. The lowest BCUT2D eigenvalue weighted by Crippen LogP contribution is -2.17. The molecule has 0 radical (unpaired) electrons. The molecule has 1 fully saturated rings. The lowest BCUT2D eigenvalue weighted by molar-refractivity contribution is -0.118. The van der Waals surface area contributed by atoms with Crippen LogP contribution in [0.25, 0.3) is 0 Å². The molecule has 1 aromatic carbocycles. The molecular weight excluding hydrogens is 214 g/mol. The summed E-state index contributed by atoms with van der Waals surface area (Å²) in [6, 6.07) is 6.93. The SMILES string of the molecule is CC1(C)CC1C(=O)Nc1ccc(N)cc1C#N. The van der Waals surface area contributed by atoms with Crippen molar-refractivity contribution < 1.29 is 4.79 Å². The summed E-state index contributed by atoms with van der Waals surface area (Å²) in [5.74, 6) is 0.0304. The molecule has 0 heterocycles. The van der Waals surface area contributed by atoms with E-state index in [0.29, 0.717) is 16.9 Å². The van der Waals surface area contributed by atoms with Gasteiger partial charge in [-0.3, -0.25) is 4.79 Å². The number of nitrogen functional groups attached to an aromatic ring is 1. The predicted molar refractivity (Wildman–Crippen MR) is 66.1 cm³/mol. The molecule has 17 heavy (non-hydrogen) atoms. The largest absolute Gasteiger partial charge is 0.399 e. The number of nitrogens with two attached hydrogens (primary N) is 1. The summed E-state index contributed by atoms with van der Waals surface area (Å²) >= 11 is 0. The van der Waals surface area contributed by atoms with E-state index >= 15 is 0 Å². The summed E-state index contributed by atoms with van der Waals surface area (Å²) in [6.45, 7) is 4.12. The number of hydrogen-bond acceptors (Lipinski definition) is 3. The molecule has 1 aliphatic rings. The first kappa shape index (κ1) is 11.5. The average molecular weight is 229 g/mol. The third-order valence-corrected chi connectivity index (χ3v) is 3.25. The Kier molecular flexibility index (Phi) is 2.55. The number of hydrogen-bond donors (Lipinski definition) is 2. The molecule has 1 atom stereocenters. The smallest absolute Gasteiger partial charge is 0.228 e. The highest BCUT2D eigenvalue weighted by atomic mass is 16.2. The van der Waals surface area contributed by atoms with E-state index in [9.17, 15) is 4.79 Å². The number of amides is 1. The third kappa shape index (κ3) is 2.23. The Morgan fingerprint density at radius 2 is 2.24 bits per heavy atom. The predicted octanol–water partition coefficient (Wildman–Crippen LogP) is 2.13. The number of benzene rings is 1. The van der Waals surface area contributed by atoms with Crippen LogP contribution in [0.2, 0.25) is 0 Å². The van der Waals surface area contributed by atoms with Crippen LogP contribution in [0.4, 0.5) is 11.4 Å². The van der Waals surface area contributed by atoms with E-state index in [0.717, 1.165) is 6.42 Å². The third-order valence-electron chi connectivity index (χ3n) is 3.25. The van der Waals surface area contributed by atoms with Gasteiger partial charge in [0, 0.05) is 11.6 Å². The van der Waals surface area contributed by atoms with Crippen LogP contribution in [0.5, 0.6) is 0 Å². The van der Waals surface area contributed by atoms with Crippen molar-refractivity contribution in [2.24, 2.45) is 11.3 Å². The molecule has 0 saturated heterocycles. The standard InChI is InChI=1S/C13H15N3O/c1-13(2)6-10(13)12(17)16-11-4-3-9(15)5-8(11)7-14/h3-5,10H,6,15H2,1-2H3,(H,16,17). The highest BCUT2D eigenvalue weighted by Gasteiger charge is 2.50. The van der Waals surface area contributed by atoms with Crippen molar-refractivity contribution in [3.63, 3.8) is 0 Å². The summed E-state index contributed by atoms with van der Waals surface area (Å²) in [5, 5.41) is 11.7. The molecule has 88 valence electrons. The van der Waals surface area contributed by atoms with Crippen LogP contribution in [0.3, 0.4) is 0 Å². The monoisotopic (exact) mass is 229 g/mol. The van der Waals surface area contributed by atoms with E-state index in [-0.39, 0.29) is 17.2 Å². The lowest BCUT2D eigenvalue weighted by atomic mass is 10.1. The first-order valence-electron chi connectivity index (χ1n) is 5.54. The maximum Gasteiger partial charge on any atom is 0.228 e.